The van der Waals surface area contributed by atoms with Crippen LogP contribution < -0.4 is 0 Å². The molecule has 3 rings (SSSR count). The number of nitrogens with zero attached hydrogens (tertiary/aromatic N) is 1. The normalized spacial score (nSPS) is 20.4. The molecule has 0 bridgehead atoms. The van der Waals surface area contributed by atoms with Crippen molar-refractivity contribution in [2.45, 2.75) is 26.3 Å². The first-order valence-electron chi connectivity index (χ1n) is 7.51. The third-order valence-corrected chi connectivity index (χ3v) is 6.11. The van der Waals surface area contributed by atoms with Gasteiger partial charge in [-0.2, -0.15) is 0 Å². The quantitative estimate of drug-likeness (QED) is 0.942. The van der Waals surface area contributed by atoms with Crippen LogP contribution in [0.2, 0.25) is 0 Å². The first-order valence-corrected chi connectivity index (χ1v) is 9.33. The fourth-order valence-corrected chi connectivity index (χ4v) is 4.90. The zero-order valence-corrected chi connectivity index (χ0v) is 13.6. The number of nitrogens with one attached hydrogen (secondary N) is 1. The van der Waals surface area contributed by atoms with Gasteiger partial charge in [0, 0.05) is 23.5 Å². The molecule has 1 N–H and O–H groups in total. The molecule has 1 unspecified atom stereocenters. The Morgan fingerprint density at radius 1 is 1.41 bits per heavy atom. The van der Waals surface area contributed by atoms with E-state index in [2.05, 4.69) is 4.98 Å². The van der Waals surface area contributed by atoms with Gasteiger partial charge in [-0.15, -0.1) is 0 Å². The second-order valence-corrected chi connectivity index (χ2v) is 8.10. The highest BCUT2D eigenvalue weighted by Crippen LogP contribution is 2.23. The van der Waals surface area contributed by atoms with Crippen LogP contribution in [-0.2, 0) is 9.84 Å². The summed E-state index contributed by atoms with van der Waals surface area (Å²) < 4.78 is 23.3. The summed E-state index contributed by atoms with van der Waals surface area (Å²) in [6, 6.07) is 7.54. The number of amides is 1. The van der Waals surface area contributed by atoms with E-state index in [1.165, 1.54) is 0 Å². The molecule has 1 aliphatic rings. The molecule has 1 aromatic carbocycles. The van der Waals surface area contributed by atoms with Gasteiger partial charge in [-0.3, -0.25) is 4.79 Å². The van der Waals surface area contributed by atoms with Crippen LogP contribution in [0.25, 0.3) is 10.9 Å². The van der Waals surface area contributed by atoms with E-state index in [1.54, 1.807) is 4.90 Å². The number of carbonyl (C=O) groups excluding carboxylic acids is 1. The third-order valence-electron chi connectivity index (χ3n) is 4.36. The van der Waals surface area contributed by atoms with E-state index in [1.807, 2.05) is 38.1 Å². The van der Waals surface area contributed by atoms with Crippen LogP contribution in [0.4, 0.5) is 0 Å². The Hall–Kier alpha value is -1.82. The van der Waals surface area contributed by atoms with Gasteiger partial charge in [-0.25, -0.2) is 8.42 Å². The maximum Gasteiger partial charge on any atom is 0.270 e. The molecule has 2 heterocycles. The molecule has 1 amide bonds. The van der Waals surface area contributed by atoms with Gasteiger partial charge >= 0.3 is 0 Å². The van der Waals surface area contributed by atoms with Crippen LogP contribution in [0.1, 0.15) is 29.4 Å². The molecule has 118 valence electrons. The predicted molar refractivity (Wildman–Crippen MR) is 86.8 cm³/mol. The molecule has 22 heavy (non-hydrogen) atoms. The Bertz CT molecular complexity index is 823. The highest BCUT2D eigenvalue weighted by Gasteiger charge is 2.34. The lowest BCUT2D eigenvalue weighted by atomic mass is 10.1. The Morgan fingerprint density at radius 3 is 2.77 bits per heavy atom. The van der Waals surface area contributed by atoms with Crippen molar-refractivity contribution in [3.05, 3.63) is 35.5 Å². The highest BCUT2D eigenvalue weighted by molar-refractivity contribution is 7.91. The smallest absolute Gasteiger partial charge is 0.270 e. The van der Waals surface area contributed by atoms with Gasteiger partial charge in [0.2, 0.25) is 0 Å². The molecular weight excluding hydrogens is 300 g/mol. The van der Waals surface area contributed by atoms with Crippen LogP contribution in [-0.4, -0.2) is 48.3 Å². The molecule has 1 atom stereocenters. The first-order chi connectivity index (χ1) is 10.4. The summed E-state index contributed by atoms with van der Waals surface area (Å²) in [5.74, 6) is 0.124. The second-order valence-electron chi connectivity index (χ2n) is 5.87. The standard InChI is InChI=1S/C16H20N2O3S/c1-3-18(12-7-8-22(20,21)10-12)16(19)15-9-13-11(2)5-4-6-14(13)17-15/h4-6,9,12,17H,3,7-8,10H2,1-2H3. The Morgan fingerprint density at radius 2 is 2.18 bits per heavy atom. The molecular formula is C16H20N2O3S. The van der Waals surface area contributed by atoms with E-state index in [9.17, 15) is 13.2 Å². The van der Waals surface area contributed by atoms with E-state index >= 15 is 0 Å². The molecule has 2 aromatic rings. The maximum absolute atomic E-state index is 12.8. The number of hydrogen-bond donors (Lipinski definition) is 1. The molecule has 0 radical (unpaired) electrons. The summed E-state index contributed by atoms with van der Waals surface area (Å²) >= 11 is 0. The number of aromatic nitrogens is 1. The van der Waals surface area contributed by atoms with Crippen molar-refractivity contribution in [1.29, 1.82) is 0 Å². The van der Waals surface area contributed by atoms with E-state index < -0.39 is 9.84 Å². The topological polar surface area (TPSA) is 70.2 Å². The zero-order chi connectivity index (χ0) is 15.9. The number of hydrogen-bond acceptors (Lipinski definition) is 3. The van der Waals surface area contributed by atoms with Gasteiger partial charge in [0.05, 0.1) is 11.5 Å². The molecule has 1 fully saturated rings. The van der Waals surface area contributed by atoms with Crippen molar-refractivity contribution < 1.29 is 13.2 Å². The van der Waals surface area contributed by atoms with E-state index in [-0.39, 0.29) is 23.5 Å². The number of rotatable bonds is 3. The van der Waals surface area contributed by atoms with Gasteiger partial charge in [0.25, 0.3) is 5.91 Å². The third kappa shape index (κ3) is 2.63. The second kappa shape index (κ2) is 5.43. The predicted octanol–water partition coefficient (Wildman–Crippen LogP) is 2.13. The minimum Gasteiger partial charge on any atom is -0.351 e. The van der Waals surface area contributed by atoms with Crippen LogP contribution >= 0.6 is 0 Å². The Kier molecular flexibility index (Phi) is 3.72. The van der Waals surface area contributed by atoms with E-state index in [0.29, 0.717) is 18.7 Å². The van der Waals surface area contributed by atoms with Crippen molar-refractivity contribution in [3.63, 3.8) is 0 Å². The summed E-state index contributed by atoms with van der Waals surface area (Å²) in [6.07, 6.45) is 0.529. The van der Waals surface area contributed by atoms with Crippen molar-refractivity contribution in [3.8, 4) is 0 Å². The first kappa shape index (κ1) is 15.1. The van der Waals surface area contributed by atoms with Crippen molar-refractivity contribution >= 4 is 26.6 Å². The maximum atomic E-state index is 12.8. The van der Waals surface area contributed by atoms with Crippen LogP contribution in [0, 0.1) is 6.92 Å². The fourth-order valence-electron chi connectivity index (χ4n) is 3.17. The van der Waals surface area contributed by atoms with E-state index in [0.717, 1.165) is 16.5 Å². The number of aryl methyl sites for hydroxylation is 1. The molecule has 0 spiro atoms. The molecule has 5 nitrogen and oxygen atoms in total. The van der Waals surface area contributed by atoms with Crippen LogP contribution in [0.5, 0.6) is 0 Å². The number of sulfone groups is 1. The molecule has 1 aromatic heterocycles. The van der Waals surface area contributed by atoms with Gasteiger partial charge in [-0.1, -0.05) is 12.1 Å². The summed E-state index contributed by atoms with van der Waals surface area (Å²) in [5, 5.41) is 1.03. The summed E-state index contributed by atoms with van der Waals surface area (Å²) in [5.41, 5.74) is 2.56. The molecule has 6 heteroatoms. The summed E-state index contributed by atoms with van der Waals surface area (Å²) in [6.45, 7) is 4.40. The lowest BCUT2D eigenvalue weighted by Crippen LogP contribution is -2.41. The monoisotopic (exact) mass is 320 g/mol. The zero-order valence-electron chi connectivity index (χ0n) is 12.8. The minimum atomic E-state index is -3.00. The number of aromatic amines is 1. The molecule has 1 aliphatic heterocycles. The van der Waals surface area contributed by atoms with Gasteiger partial charge in [0.15, 0.2) is 9.84 Å². The average Bonchev–Trinajstić information content (AvgIpc) is 3.04. The van der Waals surface area contributed by atoms with Gasteiger partial charge in [0.1, 0.15) is 5.69 Å². The Balaban J connectivity index is 1.92. The minimum absolute atomic E-state index is 0.0752. The molecule has 0 aliphatic carbocycles. The van der Waals surface area contributed by atoms with Gasteiger partial charge < -0.3 is 9.88 Å². The van der Waals surface area contributed by atoms with Crippen LogP contribution in [0.3, 0.4) is 0 Å². The number of benzene rings is 1. The Labute approximate surface area is 130 Å². The van der Waals surface area contributed by atoms with Gasteiger partial charge in [-0.05, 0) is 38.0 Å². The SMILES string of the molecule is CCN(C(=O)c1cc2c(C)cccc2[nH]1)C1CCS(=O)(=O)C1. The van der Waals surface area contributed by atoms with Crippen molar-refractivity contribution in [2.75, 3.05) is 18.1 Å². The summed E-state index contributed by atoms with van der Waals surface area (Å²) in [7, 11) is -3.00. The molecule has 0 saturated carbocycles. The van der Waals surface area contributed by atoms with Crippen molar-refractivity contribution in [1.82, 2.24) is 9.88 Å². The van der Waals surface area contributed by atoms with Crippen molar-refractivity contribution in [2.24, 2.45) is 0 Å². The lowest BCUT2D eigenvalue weighted by Gasteiger charge is -2.26. The average molecular weight is 320 g/mol. The largest absolute Gasteiger partial charge is 0.351 e. The number of H-pyrrole nitrogens is 1. The number of carbonyl (C=O) groups is 1. The fraction of sp³-hybridized carbons (Fsp3) is 0.438. The number of fused-ring (bicyclic) bond motifs is 1. The lowest BCUT2D eigenvalue weighted by molar-refractivity contribution is 0.0703. The van der Waals surface area contributed by atoms with Crippen LogP contribution in [0.15, 0.2) is 24.3 Å². The van der Waals surface area contributed by atoms with E-state index in [4.69, 9.17) is 0 Å². The highest BCUT2D eigenvalue weighted by atomic mass is 32.2. The summed E-state index contributed by atoms with van der Waals surface area (Å²) in [4.78, 5) is 17.6. The molecule has 1 saturated heterocycles.